The Bertz CT molecular complexity index is 394. The summed E-state index contributed by atoms with van der Waals surface area (Å²) < 4.78 is 0. The Morgan fingerprint density at radius 3 is 2.74 bits per heavy atom. The van der Waals surface area contributed by atoms with Crippen LogP contribution in [0.2, 0.25) is 0 Å². The first-order valence-corrected chi connectivity index (χ1v) is 8.63. The van der Waals surface area contributed by atoms with E-state index in [9.17, 15) is 0 Å². The molecule has 1 aromatic rings. The van der Waals surface area contributed by atoms with Crippen LogP contribution in [0.5, 0.6) is 0 Å². The first-order valence-electron chi connectivity index (χ1n) is 7.81. The van der Waals surface area contributed by atoms with E-state index >= 15 is 0 Å². The van der Waals surface area contributed by atoms with Gasteiger partial charge in [0.25, 0.3) is 0 Å². The van der Waals surface area contributed by atoms with Gasteiger partial charge in [0, 0.05) is 36.2 Å². The van der Waals surface area contributed by atoms with Gasteiger partial charge >= 0.3 is 0 Å². The maximum atomic E-state index is 4.67. The third kappa shape index (κ3) is 3.48. The molecule has 3 rings (SSSR count). The molecule has 0 aliphatic heterocycles. The summed E-state index contributed by atoms with van der Waals surface area (Å²) in [6.45, 7) is 4.36. The lowest BCUT2D eigenvalue weighted by molar-refractivity contribution is 0.418. The summed E-state index contributed by atoms with van der Waals surface area (Å²) in [5, 5.41) is 4.81. The minimum atomic E-state index is 0.731. The Morgan fingerprint density at radius 1 is 1.26 bits per heavy atom. The van der Waals surface area contributed by atoms with Crippen molar-refractivity contribution >= 4 is 16.5 Å². The molecule has 0 unspecified atom stereocenters. The lowest BCUT2D eigenvalue weighted by Crippen LogP contribution is -2.36. The fourth-order valence-electron chi connectivity index (χ4n) is 2.99. The van der Waals surface area contributed by atoms with Crippen molar-refractivity contribution in [3.63, 3.8) is 0 Å². The van der Waals surface area contributed by atoms with Crippen molar-refractivity contribution in [1.82, 2.24) is 10.3 Å². The number of rotatable bonds is 6. The third-order valence-electron chi connectivity index (χ3n) is 4.29. The second kappa shape index (κ2) is 6.23. The molecular weight excluding hydrogens is 254 g/mol. The van der Waals surface area contributed by atoms with Crippen LogP contribution in [0, 0.1) is 0 Å². The maximum absolute atomic E-state index is 4.67. The zero-order valence-electron chi connectivity index (χ0n) is 11.9. The summed E-state index contributed by atoms with van der Waals surface area (Å²) in [7, 11) is 0. The number of nitrogens with one attached hydrogen (secondary N) is 1. The van der Waals surface area contributed by atoms with Crippen molar-refractivity contribution in [3.8, 4) is 0 Å². The number of aromatic nitrogens is 1. The van der Waals surface area contributed by atoms with Crippen LogP contribution in [0.15, 0.2) is 6.20 Å². The standard InChI is InChI=1S/C15H25N3S/c1-2-18(13-6-4-3-5-7-13)15-17-11-14(19-15)10-16-12-8-9-12/h11-13,16H,2-10H2,1H3. The molecule has 2 fully saturated rings. The molecular formula is C15H25N3S. The summed E-state index contributed by atoms with van der Waals surface area (Å²) in [5.41, 5.74) is 0. The van der Waals surface area contributed by atoms with E-state index in [0.29, 0.717) is 0 Å². The highest BCUT2D eigenvalue weighted by Gasteiger charge is 2.23. The molecule has 106 valence electrons. The quantitative estimate of drug-likeness (QED) is 0.863. The van der Waals surface area contributed by atoms with Gasteiger partial charge in [0.2, 0.25) is 0 Å². The van der Waals surface area contributed by atoms with Crippen molar-refractivity contribution in [1.29, 1.82) is 0 Å². The normalized spacial score (nSPS) is 20.7. The summed E-state index contributed by atoms with van der Waals surface area (Å²) >= 11 is 1.88. The van der Waals surface area contributed by atoms with E-state index in [0.717, 1.165) is 25.2 Å². The first-order chi connectivity index (χ1) is 9.36. The Labute approximate surface area is 120 Å². The van der Waals surface area contributed by atoms with Crippen LogP contribution in [0.1, 0.15) is 56.7 Å². The number of hydrogen-bond donors (Lipinski definition) is 1. The SMILES string of the molecule is CCN(c1ncc(CNC2CC2)s1)C1CCCCC1. The van der Waals surface area contributed by atoms with Crippen LogP contribution < -0.4 is 10.2 Å². The summed E-state index contributed by atoms with van der Waals surface area (Å²) in [4.78, 5) is 8.58. The zero-order valence-corrected chi connectivity index (χ0v) is 12.7. The van der Waals surface area contributed by atoms with Crippen LogP contribution >= 0.6 is 11.3 Å². The second-order valence-corrected chi connectivity index (χ2v) is 6.94. The van der Waals surface area contributed by atoms with Gasteiger partial charge in [0.1, 0.15) is 0 Å². The largest absolute Gasteiger partial charge is 0.345 e. The van der Waals surface area contributed by atoms with Crippen molar-refractivity contribution < 1.29 is 0 Å². The van der Waals surface area contributed by atoms with Gasteiger partial charge in [0.15, 0.2) is 5.13 Å². The Morgan fingerprint density at radius 2 is 2.05 bits per heavy atom. The van der Waals surface area contributed by atoms with Gasteiger partial charge in [-0.3, -0.25) is 0 Å². The van der Waals surface area contributed by atoms with Crippen molar-refractivity contribution in [2.75, 3.05) is 11.4 Å². The summed E-state index contributed by atoms with van der Waals surface area (Å²) in [5.74, 6) is 0. The van der Waals surface area contributed by atoms with Gasteiger partial charge in [-0.05, 0) is 32.6 Å². The molecule has 0 saturated heterocycles. The predicted octanol–water partition coefficient (Wildman–Crippen LogP) is 3.55. The summed E-state index contributed by atoms with van der Waals surface area (Å²) in [6.07, 6.45) is 11.7. The molecule has 2 saturated carbocycles. The average molecular weight is 279 g/mol. The second-order valence-electron chi connectivity index (χ2n) is 5.84. The minimum absolute atomic E-state index is 0.731. The molecule has 0 bridgehead atoms. The van der Waals surface area contributed by atoms with E-state index in [1.54, 1.807) is 0 Å². The van der Waals surface area contributed by atoms with E-state index in [1.807, 2.05) is 11.3 Å². The highest BCUT2D eigenvalue weighted by Crippen LogP contribution is 2.30. The van der Waals surface area contributed by atoms with Crippen LogP contribution in [0.3, 0.4) is 0 Å². The molecule has 1 heterocycles. The molecule has 3 nitrogen and oxygen atoms in total. The van der Waals surface area contributed by atoms with Gasteiger partial charge < -0.3 is 10.2 Å². The van der Waals surface area contributed by atoms with E-state index < -0.39 is 0 Å². The number of hydrogen-bond acceptors (Lipinski definition) is 4. The number of thiazole rings is 1. The fraction of sp³-hybridized carbons (Fsp3) is 0.800. The Hall–Kier alpha value is -0.610. The average Bonchev–Trinajstić information content (AvgIpc) is 3.17. The fourth-order valence-corrected chi connectivity index (χ4v) is 3.98. The smallest absolute Gasteiger partial charge is 0.185 e. The molecule has 0 spiro atoms. The topological polar surface area (TPSA) is 28.2 Å². The maximum Gasteiger partial charge on any atom is 0.185 e. The van der Waals surface area contributed by atoms with Gasteiger partial charge in [-0.15, -0.1) is 11.3 Å². The molecule has 0 amide bonds. The Balaban J connectivity index is 1.61. The van der Waals surface area contributed by atoms with E-state index in [-0.39, 0.29) is 0 Å². The highest BCUT2D eigenvalue weighted by molar-refractivity contribution is 7.15. The predicted molar refractivity (Wildman–Crippen MR) is 81.9 cm³/mol. The van der Waals surface area contributed by atoms with Crippen molar-refractivity contribution in [2.24, 2.45) is 0 Å². The summed E-state index contributed by atoms with van der Waals surface area (Å²) in [6, 6.07) is 1.51. The lowest BCUT2D eigenvalue weighted by Gasteiger charge is -2.33. The van der Waals surface area contributed by atoms with Crippen LogP contribution in [-0.2, 0) is 6.54 Å². The van der Waals surface area contributed by atoms with Gasteiger partial charge in [-0.25, -0.2) is 4.98 Å². The molecule has 1 N–H and O–H groups in total. The van der Waals surface area contributed by atoms with Crippen LogP contribution in [0.4, 0.5) is 5.13 Å². The highest BCUT2D eigenvalue weighted by atomic mass is 32.1. The van der Waals surface area contributed by atoms with E-state index in [1.165, 1.54) is 55.0 Å². The first kappa shape index (κ1) is 13.4. The van der Waals surface area contributed by atoms with Gasteiger partial charge in [-0.2, -0.15) is 0 Å². The Kier molecular flexibility index (Phi) is 4.38. The van der Waals surface area contributed by atoms with Gasteiger partial charge in [0.05, 0.1) is 0 Å². The third-order valence-corrected chi connectivity index (χ3v) is 5.32. The van der Waals surface area contributed by atoms with Crippen LogP contribution in [0.25, 0.3) is 0 Å². The van der Waals surface area contributed by atoms with Crippen LogP contribution in [-0.4, -0.2) is 23.6 Å². The molecule has 0 aromatic carbocycles. The van der Waals surface area contributed by atoms with Gasteiger partial charge in [-0.1, -0.05) is 19.3 Å². The minimum Gasteiger partial charge on any atom is -0.345 e. The molecule has 0 radical (unpaired) electrons. The van der Waals surface area contributed by atoms with Crippen molar-refractivity contribution in [3.05, 3.63) is 11.1 Å². The molecule has 2 aliphatic rings. The molecule has 2 aliphatic carbocycles. The van der Waals surface area contributed by atoms with E-state index in [2.05, 4.69) is 28.3 Å². The number of anilines is 1. The molecule has 19 heavy (non-hydrogen) atoms. The molecule has 4 heteroatoms. The molecule has 1 aromatic heterocycles. The lowest BCUT2D eigenvalue weighted by atomic mass is 9.94. The number of nitrogens with zero attached hydrogens (tertiary/aromatic N) is 2. The molecule has 0 atom stereocenters. The van der Waals surface area contributed by atoms with Crippen molar-refractivity contribution in [2.45, 2.75) is 70.5 Å². The zero-order chi connectivity index (χ0) is 13.1. The van der Waals surface area contributed by atoms with E-state index in [4.69, 9.17) is 0 Å². The monoisotopic (exact) mass is 279 g/mol.